The van der Waals surface area contributed by atoms with Crippen LogP contribution in [0, 0.1) is 0 Å². The third-order valence-electron chi connectivity index (χ3n) is 2.12. The monoisotopic (exact) mass is 232 g/mol. The van der Waals surface area contributed by atoms with Gasteiger partial charge in [-0.25, -0.2) is 9.78 Å². The van der Waals surface area contributed by atoms with Crippen molar-refractivity contribution in [2.24, 2.45) is 0 Å². The number of imidazole rings is 1. The molecule has 0 unspecified atom stereocenters. The van der Waals surface area contributed by atoms with Crippen LogP contribution in [0.4, 0.5) is 0 Å². The summed E-state index contributed by atoms with van der Waals surface area (Å²) < 4.78 is 6.63. The Balaban J connectivity index is 2.88. The van der Waals surface area contributed by atoms with Crippen molar-refractivity contribution in [3.63, 3.8) is 0 Å². The number of carbonyl (C=O) groups excluding carboxylic acids is 1. The van der Waals surface area contributed by atoms with E-state index in [-0.39, 0.29) is 0 Å². The Morgan fingerprint density at radius 1 is 1.59 bits per heavy atom. The van der Waals surface area contributed by atoms with Crippen LogP contribution in [0.3, 0.4) is 0 Å². The van der Waals surface area contributed by atoms with Crippen molar-refractivity contribution in [3.8, 4) is 0 Å². The van der Waals surface area contributed by atoms with Crippen LogP contribution in [0.1, 0.15) is 17.5 Å². The Kier molecular flexibility index (Phi) is 4.94. The summed E-state index contributed by atoms with van der Waals surface area (Å²) in [5.41, 5.74) is 0.948. The number of carbonyl (C=O) groups is 1. The zero-order valence-corrected chi connectivity index (χ0v) is 9.93. The number of nitrogens with zero attached hydrogens (tertiary/aromatic N) is 2. The van der Waals surface area contributed by atoms with Gasteiger partial charge in [0.1, 0.15) is 0 Å². The molecule has 1 rings (SSSR count). The van der Waals surface area contributed by atoms with Crippen LogP contribution < -0.4 is 0 Å². The molecule has 0 radical (unpaired) electrons. The number of aromatic nitrogens is 2. The van der Waals surface area contributed by atoms with Crippen LogP contribution >= 0.6 is 0 Å². The second kappa shape index (κ2) is 6.48. The lowest BCUT2D eigenvalue weighted by Crippen LogP contribution is -2.13. The highest BCUT2D eigenvalue weighted by atomic mass is 16.5. The average Bonchev–Trinajstić information content (AvgIpc) is 2.77. The molecule has 1 aromatic rings. The molecule has 0 atom stereocenters. The molecule has 0 aromatic carbocycles. The summed E-state index contributed by atoms with van der Waals surface area (Å²) >= 11 is 0. The van der Waals surface area contributed by atoms with Crippen molar-refractivity contribution in [3.05, 3.63) is 55.2 Å². The fourth-order valence-corrected chi connectivity index (χ4v) is 1.36. The summed E-state index contributed by atoms with van der Waals surface area (Å²) in [5, 5.41) is 0. The summed E-state index contributed by atoms with van der Waals surface area (Å²) in [7, 11) is 0. The molecule has 0 fully saturated rings. The van der Waals surface area contributed by atoms with Gasteiger partial charge in [-0.1, -0.05) is 31.4 Å². The summed E-state index contributed by atoms with van der Waals surface area (Å²) in [5.74, 6) is -0.122. The third-order valence-corrected chi connectivity index (χ3v) is 2.12. The molecule has 0 bridgehead atoms. The van der Waals surface area contributed by atoms with Gasteiger partial charge in [-0.3, -0.25) is 0 Å². The maximum Gasteiger partial charge on any atom is 0.374 e. The van der Waals surface area contributed by atoms with Gasteiger partial charge in [0.15, 0.2) is 0 Å². The van der Waals surface area contributed by atoms with Gasteiger partial charge in [0.05, 0.1) is 6.61 Å². The van der Waals surface area contributed by atoms with Crippen LogP contribution in [0.25, 0.3) is 0 Å². The zero-order valence-electron chi connectivity index (χ0n) is 9.93. The first-order valence-electron chi connectivity index (χ1n) is 5.35. The molecular weight excluding hydrogens is 216 g/mol. The fraction of sp³-hybridized carbons (Fsp3) is 0.231. The van der Waals surface area contributed by atoms with Gasteiger partial charge in [-0.2, -0.15) is 0 Å². The van der Waals surface area contributed by atoms with E-state index < -0.39 is 5.97 Å². The first kappa shape index (κ1) is 13.0. The zero-order chi connectivity index (χ0) is 12.7. The molecule has 4 heteroatoms. The lowest BCUT2D eigenvalue weighted by Gasteiger charge is -2.07. The number of hydrogen-bond acceptors (Lipinski definition) is 3. The molecule has 0 spiro atoms. The average molecular weight is 232 g/mol. The number of ether oxygens (including phenoxy) is 1. The van der Waals surface area contributed by atoms with Crippen LogP contribution in [0.15, 0.2) is 49.4 Å². The van der Waals surface area contributed by atoms with Crippen molar-refractivity contribution < 1.29 is 9.53 Å². The van der Waals surface area contributed by atoms with Gasteiger partial charge in [-0.15, -0.1) is 0 Å². The second-order valence-corrected chi connectivity index (χ2v) is 3.28. The predicted molar refractivity (Wildman–Crippen MR) is 66.7 cm³/mol. The molecule has 4 nitrogen and oxygen atoms in total. The topological polar surface area (TPSA) is 44.1 Å². The van der Waals surface area contributed by atoms with E-state index in [2.05, 4.69) is 18.1 Å². The molecule has 0 aliphatic rings. The van der Waals surface area contributed by atoms with E-state index in [9.17, 15) is 4.79 Å². The fourth-order valence-electron chi connectivity index (χ4n) is 1.36. The molecule has 0 aliphatic carbocycles. The second-order valence-electron chi connectivity index (χ2n) is 3.28. The SMILES string of the molecule is C=C/C=C(\C=C)Cn1ccnc1C(=O)OCC. The molecule has 17 heavy (non-hydrogen) atoms. The Bertz CT molecular complexity index is 444. The largest absolute Gasteiger partial charge is 0.460 e. The van der Waals surface area contributed by atoms with Crippen LogP contribution in [0.2, 0.25) is 0 Å². The van der Waals surface area contributed by atoms with E-state index in [1.807, 2.05) is 6.08 Å². The van der Waals surface area contributed by atoms with E-state index in [4.69, 9.17) is 4.74 Å². The van der Waals surface area contributed by atoms with Crippen molar-refractivity contribution >= 4 is 5.97 Å². The minimum Gasteiger partial charge on any atom is -0.460 e. The first-order chi connectivity index (χ1) is 8.22. The van der Waals surface area contributed by atoms with Gasteiger partial charge in [0.2, 0.25) is 5.82 Å². The van der Waals surface area contributed by atoms with Crippen LogP contribution in [-0.4, -0.2) is 22.1 Å². The normalized spacial score (nSPS) is 11.0. The quantitative estimate of drug-likeness (QED) is 0.558. The molecule has 0 aliphatic heterocycles. The summed E-state index contributed by atoms with van der Waals surface area (Å²) in [6, 6.07) is 0. The lowest BCUT2D eigenvalue weighted by molar-refractivity contribution is 0.0507. The number of hydrogen-bond donors (Lipinski definition) is 0. The molecule has 90 valence electrons. The Labute approximate surface area is 101 Å². The molecule has 0 saturated heterocycles. The lowest BCUT2D eigenvalue weighted by atomic mass is 10.2. The minimum absolute atomic E-state index is 0.295. The predicted octanol–water partition coefficient (Wildman–Crippen LogP) is 2.36. The standard InChI is InChI=1S/C13H16N2O2/c1-4-7-11(5-2)10-15-9-8-14-12(15)13(16)17-6-3/h4-5,7-9H,1-2,6,10H2,3H3/b11-7+. The molecule has 0 N–H and O–H groups in total. The maximum atomic E-state index is 11.6. The van der Waals surface area contributed by atoms with Gasteiger partial charge >= 0.3 is 5.97 Å². The Morgan fingerprint density at radius 3 is 2.94 bits per heavy atom. The summed E-state index contributed by atoms with van der Waals surface area (Å²) in [4.78, 5) is 15.6. The van der Waals surface area contributed by atoms with Gasteiger partial charge in [0, 0.05) is 18.9 Å². The highest BCUT2D eigenvalue weighted by molar-refractivity contribution is 5.85. The van der Waals surface area contributed by atoms with E-state index >= 15 is 0 Å². The van der Waals surface area contributed by atoms with Crippen molar-refractivity contribution in [1.29, 1.82) is 0 Å². The van der Waals surface area contributed by atoms with Gasteiger partial charge in [-0.05, 0) is 12.5 Å². The molecule has 1 aromatic heterocycles. The first-order valence-corrected chi connectivity index (χ1v) is 5.35. The summed E-state index contributed by atoms with van der Waals surface area (Å²) in [6.07, 6.45) is 8.53. The van der Waals surface area contributed by atoms with E-state index in [1.165, 1.54) is 0 Å². The molecular formula is C13H16N2O2. The molecule has 0 saturated carbocycles. The van der Waals surface area contributed by atoms with Gasteiger partial charge < -0.3 is 9.30 Å². The number of allylic oxidation sites excluding steroid dienone is 4. The molecule has 0 amide bonds. The van der Waals surface area contributed by atoms with Crippen LogP contribution in [0.5, 0.6) is 0 Å². The highest BCUT2D eigenvalue weighted by Crippen LogP contribution is 2.06. The molecule has 1 heterocycles. The number of rotatable bonds is 6. The van der Waals surface area contributed by atoms with Crippen molar-refractivity contribution in [2.75, 3.05) is 6.61 Å². The highest BCUT2D eigenvalue weighted by Gasteiger charge is 2.13. The number of esters is 1. The van der Waals surface area contributed by atoms with Gasteiger partial charge in [0.25, 0.3) is 0 Å². The van der Waals surface area contributed by atoms with Crippen molar-refractivity contribution in [1.82, 2.24) is 9.55 Å². The summed E-state index contributed by atoms with van der Waals surface area (Å²) in [6.45, 7) is 9.94. The van der Waals surface area contributed by atoms with E-state index in [0.29, 0.717) is 19.0 Å². The Hall–Kier alpha value is -2.10. The third kappa shape index (κ3) is 3.45. The maximum absolute atomic E-state index is 11.6. The Morgan fingerprint density at radius 2 is 2.35 bits per heavy atom. The van der Waals surface area contributed by atoms with Crippen molar-refractivity contribution in [2.45, 2.75) is 13.5 Å². The van der Waals surface area contributed by atoms with E-state index in [1.54, 1.807) is 36.0 Å². The van der Waals surface area contributed by atoms with Crippen LogP contribution in [-0.2, 0) is 11.3 Å². The smallest absolute Gasteiger partial charge is 0.374 e. The van der Waals surface area contributed by atoms with E-state index in [0.717, 1.165) is 5.57 Å². The minimum atomic E-state index is -0.417.